The molecule has 2 N–H and O–H groups in total. The van der Waals surface area contributed by atoms with Gasteiger partial charge in [-0.05, 0) is 80.9 Å². The van der Waals surface area contributed by atoms with Gasteiger partial charge in [-0.15, -0.1) is 0 Å². The molecule has 2 aromatic heterocycles. The fraction of sp³-hybridized carbons (Fsp3) is 0.346. The monoisotopic (exact) mass is 499 g/mol. The number of nitrogens with zero attached hydrogens (tertiary/aromatic N) is 3. The summed E-state index contributed by atoms with van der Waals surface area (Å²) in [6.45, 7) is 3.12. The lowest BCUT2D eigenvalue weighted by atomic mass is 9.98. The lowest BCUT2D eigenvalue weighted by molar-refractivity contribution is -0.137. The number of alkyl halides is 3. The molecule has 7 nitrogen and oxygen atoms in total. The Balaban J connectivity index is 1.37. The van der Waals surface area contributed by atoms with Gasteiger partial charge in [-0.1, -0.05) is 6.07 Å². The van der Waals surface area contributed by atoms with E-state index in [0.29, 0.717) is 30.8 Å². The SMILES string of the molecule is CN1CCC(COc2cc(CNc3ncccc3C(=O)Nc3cccc(C(F)(F)F)c3)ccn2)CC1. The normalized spacial score (nSPS) is 14.9. The van der Waals surface area contributed by atoms with Crippen LogP contribution in [0.2, 0.25) is 0 Å². The number of hydrogen-bond acceptors (Lipinski definition) is 6. The number of rotatable bonds is 8. The molecule has 1 amide bonds. The van der Waals surface area contributed by atoms with E-state index in [2.05, 4.69) is 32.5 Å². The van der Waals surface area contributed by atoms with Crippen LogP contribution in [-0.4, -0.2) is 47.5 Å². The summed E-state index contributed by atoms with van der Waals surface area (Å²) in [5.74, 6) is 0.794. The van der Waals surface area contributed by atoms with Crippen molar-refractivity contribution in [2.45, 2.75) is 25.6 Å². The van der Waals surface area contributed by atoms with E-state index in [1.54, 1.807) is 18.3 Å². The second-order valence-corrected chi connectivity index (χ2v) is 8.85. The van der Waals surface area contributed by atoms with Crippen molar-refractivity contribution in [3.05, 3.63) is 77.6 Å². The summed E-state index contributed by atoms with van der Waals surface area (Å²) < 4.78 is 44.9. The molecule has 1 fully saturated rings. The maximum atomic E-state index is 13.0. The number of pyridine rings is 2. The first-order valence-electron chi connectivity index (χ1n) is 11.7. The fourth-order valence-electron chi connectivity index (χ4n) is 3.96. The second-order valence-electron chi connectivity index (χ2n) is 8.85. The Morgan fingerprint density at radius 3 is 2.67 bits per heavy atom. The van der Waals surface area contributed by atoms with Crippen LogP contribution in [0.3, 0.4) is 0 Å². The summed E-state index contributed by atoms with van der Waals surface area (Å²) in [6.07, 6.45) is 0.903. The maximum absolute atomic E-state index is 13.0. The van der Waals surface area contributed by atoms with Crippen LogP contribution in [0.5, 0.6) is 5.88 Å². The molecule has 10 heteroatoms. The third kappa shape index (κ3) is 6.94. The minimum Gasteiger partial charge on any atom is -0.477 e. The standard InChI is InChI=1S/C26H28F3N5O2/c1-34-12-8-18(9-13-34)17-36-23-14-19(7-11-30-23)16-32-24-22(6-3-10-31-24)25(35)33-21-5-2-4-20(15-21)26(27,28)29/h2-7,10-11,14-15,18H,8-9,12-13,16-17H2,1H3,(H,31,32)(H,33,35). The molecule has 190 valence electrons. The van der Waals surface area contributed by atoms with Crippen molar-refractivity contribution in [2.24, 2.45) is 5.92 Å². The molecule has 0 saturated carbocycles. The summed E-state index contributed by atoms with van der Waals surface area (Å²) >= 11 is 0. The molecule has 1 aliphatic rings. The smallest absolute Gasteiger partial charge is 0.416 e. The van der Waals surface area contributed by atoms with Crippen molar-refractivity contribution in [3.63, 3.8) is 0 Å². The van der Waals surface area contributed by atoms with Crippen molar-refractivity contribution >= 4 is 17.4 Å². The Morgan fingerprint density at radius 2 is 1.89 bits per heavy atom. The molecule has 1 aliphatic heterocycles. The summed E-state index contributed by atoms with van der Waals surface area (Å²) in [6, 6.07) is 11.3. The highest BCUT2D eigenvalue weighted by molar-refractivity contribution is 6.07. The van der Waals surface area contributed by atoms with E-state index in [0.717, 1.165) is 43.6 Å². The van der Waals surface area contributed by atoms with E-state index < -0.39 is 17.6 Å². The van der Waals surface area contributed by atoms with E-state index in [-0.39, 0.29) is 11.3 Å². The van der Waals surface area contributed by atoms with Gasteiger partial charge < -0.3 is 20.3 Å². The van der Waals surface area contributed by atoms with Crippen LogP contribution in [0.4, 0.5) is 24.7 Å². The number of nitrogens with one attached hydrogen (secondary N) is 2. The van der Waals surface area contributed by atoms with E-state index in [1.165, 1.54) is 18.3 Å². The van der Waals surface area contributed by atoms with Crippen LogP contribution < -0.4 is 15.4 Å². The minimum atomic E-state index is -4.50. The Labute approximate surface area is 207 Å². The van der Waals surface area contributed by atoms with Crippen LogP contribution >= 0.6 is 0 Å². The molecule has 0 bridgehead atoms. The van der Waals surface area contributed by atoms with Gasteiger partial charge in [0.05, 0.1) is 17.7 Å². The first-order chi connectivity index (χ1) is 17.3. The zero-order valence-electron chi connectivity index (χ0n) is 19.9. The molecule has 0 spiro atoms. The first-order valence-corrected chi connectivity index (χ1v) is 11.7. The van der Waals surface area contributed by atoms with Crippen LogP contribution in [0, 0.1) is 5.92 Å². The van der Waals surface area contributed by atoms with Crippen molar-refractivity contribution in [1.29, 1.82) is 0 Å². The van der Waals surface area contributed by atoms with Gasteiger partial charge in [-0.2, -0.15) is 13.2 Å². The van der Waals surface area contributed by atoms with E-state index >= 15 is 0 Å². The summed E-state index contributed by atoms with van der Waals surface area (Å²) in [5, 5.41) is 5.65. The topological polar surface area (TPSA) is 79.4 Å². The number of likely N-dealkylation sites (tertiary alicyclic amines) is 1. The van der Waals surface area contributed by atoms with E-state index in [9.17, 15) is 18.0 Å². The van der Waals surface area contributed by atoms with Crippen LogP contribution in [0.15, 0.2) is 60.9 Å². The number of halogens is 3. The van der Waals surface area contributed by atoms with Crippen LogP contribution in [0.1, 0.15) is 34.3 Å². The van der Waals surface area contributed by atoms with Gasteiger partial charge in [-0.25, -0.2) is 9.97 Å². The van der Waals surface area contributed by atoms with Gasteiger partial charge >= 0.3 is 6.18 Å². The number of carbonyl (C=O) groups excluding carboxylic acids is 1. The lowest BCUT2D eigenvalue weighted by Crippen LogP contribution is -2.32. The molecule has 0 atom stereocenters. The highest BCUT2D eigenvalue weighted by Crippen LogP contribution is 2.31. The molecular formula is C26H28F3N5O2. The van der Waals surface area contributed by atoms with E-state index in [4.69, 9.17) is 4.74 Å². The van der Waals surface area contributed by atoms with Crippen molar-refractivity contribution in [2.75, 3.05) is 37.4 Å². The largest absolute Gasteiger partial charge is 0.477 e. The molecule has 0 aliphatic carbocycles. The number of anilines is 2. The molecule has 0 radical (unpaired) electrons. The molecular weight excluding hydrogens is 471 g/mol. The van der Waals surface area contributed by atoms with Gasteiger partial charge in [0.2, 0.25) is 5.88 Å². The van der Waals surface area contributed by atoms with Crippen molar-refractivity contribution in [3.8, 4) is 5.88 Å². The first kappa shape index (κ1) is 25.4. The molecule has 0 unspecified atom stereocenters. The number of piperidine rings is 1. The Kier molecular flexibility index (Phi) is 8.04. The number of amides is 1. The maximum Gasteiger partial charge on any atom is 0.416 e. The zero-order chi connectivity index (χ0) is 25.5. The van der Waals surface area contributed by atoms with Crippen LogP contribution in [-0.2, 0) is 12.7 Å². The second kappa shape index (κ2) is 11.4. The summed E-state index contributed by atoms with van der Waals surface area (Å²) in [7, 11) is 2.12. The fourth-order valence-corrected chi connectivity index (χ4v) is 3.96. The predicted molar refractivity (Wildman–Crippen MR) is 131 cm³/mol. The predicted octanol–water partition coefficient (Wildman–Crippen LogP) is 5.08. The number of carbonyl (C=O) groups is 1. The van der Waals surface area contributed by atoms with Gasteiger partial charge in [0, 0.05) is 30.7 Å². The van der Waals surface area contributed by atoms with E-state index in [1.807, 2.05) is 12.1 Å². The van der Waals surface area contributed by atoms with Crippen molar-refractivity contribution < 1.29 is 22.7 Å². The lowest BCUT2D eigenvalue weighted by Gasteiger charge is -2.28. The minimum absolute atomic E-state index is 0.0464. The van der Waals surface area contributed by atoms with Gasteiger partial charge in [0.15, 0.2) is 0 Å². The average molecular weight is 500 g/mol. The Bertz CT molecular complexity index is 1180. The highest BCUT2D eigenvalue weighted by atomic mass is 19.4. The molecule has 3 heterocycles. The Hall–Kier alpha value is -3.66. The van der Waals surface area contributed by atoms with Crippen molar-refractivity contribution in [1.82, 2.24) is 14.9 Å². The number of aromatic nitrogens is 2. The van der Waals surface area contributed by atoms with Crippen LogP contribution in [0.25, 0.3) is 0 Å². The third-order valence-corrected chi connectivity index (χ3v) is 6.06. The average Bonchev–Trinajstić information content (AvgIpc) is 2.87. The highest BCUT2D eigenvalue weighted by Gasteiger charge is 2.30. The third-order valence-electron chi connectivity index (χ3n) is 6.06. The number of ether oxygens (including phenoxy) is 1. The van der Waals surface area contributed by atoms with Gasteiger partial charge in [0.1, 0.15) is 5.82 Å². The Morgan fingerprint density at radius 1 is 1.08 bits per heavy atom. The quantitative estimate of drug-likeness (QED) is 0.450. The molecule has 4 rings (SSSR count). The molecule has 36 heavy (non-hydrogen) atoms. The summed E-state index contributed by atoms with van der Waals surface area (Å²) in [4.78, 5) is 23.7. The molecule has 3 aromatic rings. The zero-order valence-corrected chi connectivity index (χ0v) is 19.9. The number of hydrogen-bond donors (Lipinski definition) is 2. The van der Waals surface area contributed by atoms with Gasteiger partial charge in [0.25, 0.3) is 5.91 Å². The summed E-state index contributed by atoms with van der Waals surface area (Å²) in [5.41, 5.74) is 0.308. The van der Waals surface area contributed by atoms with Gasteiger partial charge in [-0.3, -0.25) is 4.79 Å². The molecule has 1 aromatic carbocycles. The number of benzene rings is 1. The molecule has 1 saturated heterocycles.